The lowest BCUT2D eigenvalue weighted by atomic mass is 10.1. The molecular weight excluding hydrogens is 414 g/mol. The van der Waals surface area contributed by atoms with E-state index in [0.717, 1.165) is 11.3 Å². The molecule has 2 aromatic carbocycles. The molecular formula is C24H26ClN3O3. The van der Waals surface area contributed by atoms with Crippen molar-refractivity contribution in [2.75, 3.05) is 6.54 Å². The molecule has 0 fully saturated rings. The number of hydrogen-bond donors (Lipinski definition) is 0. The maximum atomic E-state index is 13.3. The number of nitro groups is 1. The summed E-state index contributed by atoms with van der Waals surface area (Å²) in [6.07, 6.45) is 1.97. The van der Waals surface area contributed by atoms with Crippen molar-refractivity contribution in [1.82, 2.24) is 9.47 Å². The number of hydrogen-bond acceptors (Lipinski definition) is 3. The number of benzene rings is 2. The zero-order chi connectivity index (χ0) is 22.5. The number of nitrogens with zero attached hydrogens (tertiary/aromatic N) is 3. The molecule has 1 aromatic heterocycles. The first-order valence-electron chi connectivity index (χ1n) is 10.2. The second kappa shape index (κ2) is 9.79. The van der Waals surface area contributed by atoms with E-state index in [-0.39, 0.29) is 17.5 Å². The lowest BCUT2D eigenvalue weighted by Crippen LogP contribution is -2.34. The van der Waals surface area contributed by atoms with Crippen LogP contribution < -0.4 is 0 Å². The molecule has 3 rings (SSSR count). The van der Waals surface area contributed by atoms with E-state index in [2.05, 4.69) is 4.57 Å². The summed E-state index contributed by atoms with van der Waals surface area (Å²) < 4.78 is 2.07. The first-order valence-corrected chi connectivity index (χ1v) is 10.6. The average Bonchev–Trinajstić information content (AvgIpc) is 3.15. The van der Waals surface area contributed by atoms with Gasteiger partial charge in [-0.1, -0.05) is 49.7 Å². The van der Waals surface area contributed by atoms with E-state index >= 15 is 0 Å². The molecule has 0 aliphatic carbocycles. The minimum absolute atomic E-state index is 0.0440. The molecule has 1 heterocycles. The minimum Gasteiger partial charge on any atom is -0.345 e. The second-order valence-corrected chi connectivity index (χ2v) is 8.46. The Bertz CT molecular complexity index is 1090. The van der Waals surface area contributed by atoms with Crippen LogP contribution in [0.25, 0.3) is 0 Å². The molecule has 0 aliphatic heterocycles. The first kappa shape index (κ1) is 22.6. The predicted molar refractivity (Wildman–Crippen MR) is 122 cm³/mol. The van der Waals surface area contributed by atoms with Crippen LogP contribution in [0.1, 0.15) is 41.0 Å². The Hall–Kier alpha value is -3.12. The fourth-order valence-corrected chi connectivity index (χ4v) is 3.73. The Morgan fingerprint density at radius 3 is 2.58 bits per heavy atom. The molecule has 31 heavy (non-hydrogen) atoms. The number of rotatable bonds is 8. The van der Waals surface area contributed by atoms with E-state index in [1.807, 2.05) is 56.4 Å². The number of amides is 1. The Morgan fingerprint density at radius 2 is 1.90 bits per heavy atom. The highest BCUT2D eigenvalue weighted by atomic mass is 35.5. The fraction of sp³-hybridized carbons (Fsp3) is 0.292. The average molecular weight is 440 g/mol. The van der Waals surface area contributed by atoms with Gasteiger partial charge in [0.05, 0.1) is 11.5 Å². The zero-order valence-corrected chi connectivity index (χ0v) is 18.7. The van der Waals surface area contributed by atoms with Gasteiger partial charge in [0.2, 0.25) is 0 Å². The van der Waals surface area contributed by atoms with Crippen molar-refractivity contribution in [3.63, 3.8) is 0 Å². The summed E-state index contributed by atoms with van der Waals surface area (Å²) in [6, 6.07) is 16.3. The highest BCUT2D eigenvalue weighted by Crippen LogP contribution is 2.22. The number of aryl methyl sites for hydroxylation is 1. The normalized spacial score (nSPS) is 11.0. The molecule has 3 aromatic rings. The third-order valence-electron chi connectivity index (χ3n) is 5.10. The molecule has 0 radical (unpaired) electrons. The maximum absolute atomic E-state index is 13.3. The van der Waals surface area contributed by atoms with Crippen LogP contribution >= 0.6 is 11.6 Å². The van der Waals surface area contributed by atoms with E-state index in [0.29, 0.717) is 35.8 Å². The van der Waals surface area contributed by atoms with E-state index in [9.17, 15) is 14.9 Å². The molecule has 0 saturated heterocycles. The molecule has 1 amide bonds. The zero-order valence-electron chi connectivity index (χ0n) is 17.9. The molecule has 7 heteroatoms. The highest BCUT2D eigenvalue weighted by molar-refractivity contribution is 6.31. The van der Waals surface area contributed by atoms with Crippen LogP contribution in [-0.2, 0) is 13.1 Å². The van der Waals surface area contributed by atoms with Gasteiger partial charge in [0.25, 0.3) is 11.6 Å². The molecule has 0 bridgehead atoms. The second-order valence-electron chi connectivity index (χ2n) is 8.06. The summed E-state index contributed by atoms with van der Waals surface area (Å²) in [6.45, 7) is 7.29. The molecule has 0 aliphatic rings. The molecule has 162 valence electrons. The van der Waals surface area contributed by atoms with Gasteiger partial charge in [-0.2, -0.15) is 0 Å². The van der Waals surface area contributed by atoms with Crippen molar-refractivity contribution in [3.05, 3.63) is 98.3 Å². The number of nitro benzene ring substituents is 1. The summed E-state index contributed by atoms with van der Waals surface area (Å²) >= 11 is 6.32. The monoisotopic (exact) mass is 439 g/mol. The van der Waals surface area contributed by atoms with Crippen LogP contribution in [0.3, 0.4) is 0 Å². The highest BCUT2D eigenvalue weighted by Gasteiger charge is 2.22. The summed E-state index contributed by atoms with van der Waals surface area (Å²) in [5, 5.41) is 12.0. The smallest absolute Gasteiger partial charge is 0.273 e. The number of aromatic nitrogens is 1. The van der Waals surface area contributed by atoms with Crippen molar-refractivity contribution in [2.45, 2.75) is 33.9 Å². The van der Waals surface area contributed by atoms with Crippen LogP contribution in [0.5, 0.6) is 0 Å². The van der Waals surface area contributed by atoms with E-state index in [1.165, 1.54) is 6.07 Å². The van der Waals surface area contributed by atoms with Crippen molar-refractivity contribution >= 4 is 23.2 Å². The Labute approximate surface area is 187 Å². The van der Waals surface area contributed by atoms with Crippen molar-refractivity contribution in [3.8, 4) is 0 Å². The van der Waals surface area contributed by atoms with Gasteiger partial charge in [0, 0.05) is 47.2 Å². The minimum atomic E-state index is -0.451. The largest absolute Gasteiger partial charge is 0.345 e. The maximum Gasteiger partial charge on any atom is 0.273 e. The van der Waals surface area contributed by atoms with Crippen molar-refractivity contribution in [2.24, 2.45) is 5.92 Å². The van der Waals surface area contributed by atoms with Crippen LogP contribution in [0.4, 0.5) is 5.69 Å². The number of halogens is 1. The lowest BCUT2D eigenvalue weighted by Gasteiger charge is -2.25. The van der Waals surface area contributed by atoms with Crippen LogP contribution in [-0.4, -0.2) is 26.8 Å². The first-order chi connectivity index (χ1) is 14.8. The van der Waals surface area contributed by atoms with Gasteiger partial charge in [0.15, 0.2) is 0 Å². The Morgan fingerprint density at radius 1 is 1.16 bits per heavy atom. The van der Waals surface area contributed by atoms with Crippen molar-refractivity contribution in [1.29, 1.82) is 0 Å². The number of carbonyl (C=O) groups is 1. The molecule has 0 saturated carbocycles. The summed E-state index contributed by atoms with van der Waals surface area (Å²) in [7, 11) is 0. The van der Waals surface area contributed by atoms with E-state index in [4.69, 9.17) is 11.6 Å². The molecule has 6 nitrogen and oxygen atoms in total. The summed E-state index contributed by atoms with van der Waals surface area (Å²) in [4.78, 5) is 25.9. The standard InChI is InChI=1S/C24H26ClN3O3/c1-17(2)14-27(24(29)19-11-10-18(3)23(13-19)28(30)31)16-21-8-6-12-26(21)15-20-7-4-5-9-22(20)25/h4-13,17H,14-16H2,1-3H3. The van der Waals surface area contributed by atoms with Crippen LogP contribution in [0.2, 0.25) is 5.02 Å². The van der Waals surface area contributed by atoms with Gasteiger partial charge >= 0.3 is 0 Å². The molecule has 0 N–H and O–H groups in total. The summed E-state index contributed by atoms with van der Waals surface area (Å²) in [5.74, 6) is 0.0265. The van der Waals surface area contributed by atoms with Crippen LogP contribution in [0, 0.1) is 23.0 Å². The molecule has 0 spiro atoms. The Balaban J connectivity index is 1.87. The van der Waals surface area contributed by atoms with Gasteiger partial charge in [-0.3, -0.25) is 14.9 Å². The summed E-state index contributed by atoms with van der Waals surface area (Å²) in [5.41, 5.74) is 2.78. The van der Waals surface area contributed by atoms with Crippen LogP contribution in [0.15, 0.2) is 60.8 Å². The lowest BCUT2D eigenvalue weighted by molar-refractivity contribution is -0.385. The van der Waals surface area contributed by atoms with Gasteiger partial charge < -0.3 is 9.47 Å². The number of carbonyl (C=O) groups excluding carboxylic acids is 1. The Kier molecular flexibility index (Phi) is 7.13. The third kappa shape index (κ3) is 5.52. The van der Waals surface area contributed by atoms with E-state index < -0.39 is 4.92 Å². The van der Waals surface area contributed by atoms with Gasteiger partial charge in [-0.05, 0) is 42.7 Å². The van der Waals surface area contributed by atoms with Crippen molar-refractivity contribution < 1.29 is 9.72 Å². The quantitative estimate of drug-likeness (QED) is 0.333. The van der Waals surface area contributed by atoms with E-state index in [1.54, 1.807) is 24.0 Å². The van der Waals surface area contributed by atoms with Gasteiger partial charge in [0.1, 0.15) is 0 Å². The van der Waals surface area contributed by atoms with Gasteiger partial charge in [-0.15, -0.1) is 0 Å². The fourth-order valence-electron chi connectivity index (χ4n) is 3.53. The topological polar surface area (TPSA) is 68.4 Å². The predicted octanol–water partition coefficient (Wildman–Crippen LogP) is 5.70. The SMILES string of the molecule is Cc1ccc(C(=O)N(Cc2cccn2Cc2ccccc2Cl)CC(C)C)cc1[N+](=O)[O-]. The molecule has 0 atom stereocenters. The third-order valence-corrected chi connectivity index (χ3v) is 5.47. The molecule has 0 unspecified atom stereocenters. The van der Waals surface area contributed by atoms with Gasteiger partial charge in [-0.25, -0.2) is 0 Å².